The topological polar surface area (TPSA) is 67.4 Å². The summed E-state index contributed by atoms with van der Waals surface area (Å²) < 4.78 is 5.94. The largest absolute Gasteiger partial charge is 0.377 e. The van der Waals surface area contributed by atoms with E-state index in [-0.39, 0.29) is 29.3 Å². The van der Waals surface area contributed by atoms with Crippen LogP contribution in [0.2, 0.25) is 0 Å². The third kappa shape index (κ3) is 6.13. The Morgan fingerprint density at radius 2 is 1.87 bits per heavy atom. The van der Waals surface area contributed by atoms with Crippen LogP contribution in [0.5, 0.6) is 0 Å². The van der Waals surface area contributed by atoms with Crippen molar-refractivity contribution in [2.75, 3.05) is 19.7 Å². The SMILES string of the molecule is CC(C)(C)C1OCCCC1CNC(=O)CCCNC(=O)C1CC1. The Kier molecular flexibility index (Phi) is 6.45. The van der Waals surface area contributed by atoms with Gasteiger partial charge < -0.3 is 15.4 Å². The molecule has 0 aromatic heterocycles. The maximum Gasteiger partial charge on any atom is 0.223 e. The van der Waals surface area contributed by atoms with Gasteiger partial charge in [-0.3, -0.25) is 9.59 Å². The van der Waals surface area contributed by atoms with Crippen LogP contribution in [0.15, 0.2) is 0 Å². The van der Waals surface area contributed by atoms with Gasteiger partial charge in [-0.15, -0.1) is 0 Å². The van der Waals surface area contributed by atoms with Crippen LogP contribution in [-0.2, 0) is 14.3 Å². The van der Waals surface area contributed by atoms with E-state index in [9.17, 15) is 9.59 Å². The molecule has 2 rings (SSSR count). The number of ether oxygens (including phenoxy) is 1. The first kappa shape index (κ1) is 18.2. The smallest absolute Gasteiger partial charge is 0.223 e. The zero-order valence-electron chi connectivity index (χ0n) is 14.8. The Bertz CT molecular complexity index is 413. The van der Waals surface area contributed by atoms with E-state index in [1.54, 1.807) is 0 Å². The lowest BCUT2D eigenvalue weighted by molar-refractivity contribution is -0.124. The van der Waals surface area contributed by atoms with Gasteiger partial charge in [-0.1, -0.05) is 20.8 Å². The minimum absolute atomic E-state index is 0.0731. The van der Waals surface area contributed by atoms with E-state index in [2.05, 4.69) is 31.4 Å². The Balaban J connectivity index is 1.61. The van der Waals surface area contributed by atoms with Crippen LogP contribution in [0.3, 0.4) is 0 Å². The predicted molar refractivity (Wildman–Crippen MR) is 89.9 cm³/mol. The number of nitrogens with one attached hydrogen (secondary N) is 2. The third-order valence-electron chi connectivity index (χ3n) is 4.69. The zero-order valence-corrected chi connectivity index (χ0v) is 14.8. The number of rotatable bonds is 7. The van der Waals surface area contributed by atoms with Crippen LogP contribution in [0, 0.1) is 17.3 Å². The van der Waals surface area contributed by atoms with Crippen molar-refractivity contribution in [2.45, 2.75) is 65.4 Å². The lowest BCUT2D eigenvalue weighted by Crippen LogP contribution is -2.45. The van der Waals surface area contributed by atoms with Crippen LogP contribution in [0.1, 0.15) is 59.3 Å². The summed E-state index contributed by atoms with van der Waals surface area (Å²) >= 11 is 0. The summed E-state index contributed by atoms with van der Waals surface area (Å²) in [7, 11) is 0. The minimum Gasteiger partial charge on any atom is -0.377 e. The molecule has 0 spiro atoms. The van der Waals surface area contributed by atoms with Gasteiger partial charge >= 0.3 is 0 Å². The van der Waals surface area contributed by atoms with Crippen LogP contribution in [0.25, 0.3) is 0 Å². The summed E-state index contributed by atoms with van der Waals surface area (Å²) in [5.41, 5.74) is 0.100. The number of hydrogen-bond donors (Lipinski definition) is 2. The fourth-order valence-corrected chi connectivity index (χ4v) is 3.29. The van der Waals surface area contributed by atoms with E-state index in [0.29, 0.717) is 31.8 Å². The van der Waals surface area contributed by atoms with Crippen LogP contribution in [0.4, 0.5) is 0 Å². The molecule has 132 valence electrons. The molecule has 5 heteroatoms. The second kappa shape index (κ2) is 8.13. The van der Waals surface area contributed by atoms with Crippen molar-refractivity contribution < 1.29 is 14.3 Å². The molecule has 0 aromatic rings. The normalized spacial score (nSPS) is 25.0. The van der Waals surface area contributed by atoms with Gasteiger partial charge in [0, 0.05) is 38.0 Å². The molecule has 5 nitrogen and oxygen atoms in total. The van der Waals surface area contributed by atoms with E-state index in [0.717, 1.165) is 32.3 Å². The molecule has 1 saturated carbocycles. The molecule has 2 fully saturated rings. The number of carbonyl (C=O) groups excluding carboxylic acids is 2. The zero-order chi connectivity index (χ0) is 16.9. The highest BCUT2D eigenvalue weighted by Gasteiger charge is 2.35. The van der Waals surface area contributed by atoms with Crippen LogP contribution >= 0.6 is 0 Å². The van der Waals surface area contributed by atoms with Crippen molar-refractivity contribution in [1.82, 2.24) is 10.6 Å². The minimum atomic E-state index is 0.0731. The fourth-order valence-electron chi connectivity index (χ4n) is 3.29. The Morgan fingerprint density at radius 1 is 1.13 bits per heavy atom. The standard InChI is InChI=1S/C18H32N2O3/c1-18(2,3)16-14(6-5-11-23-16)12-20-15(21)7-4-10-19-17(22)13-8-9-13/h13-14,16H,4-12H2,1-3H3,(H,19,22)(H,20,21). The molecule has 2 N–H and O–H groups in total. The van der Waals surface area contributed by atoms with E-state index in [1.165, 1.54) is 0 Å². The molecule has 2 atom stereocenters. The molecule has 1 aliphatic heterocycles. The third-order valence-corrected chi connectivity index (χ3v) is 4.69. The number of carbonyl (C=O) groups is 2. The Morgan fingerprint density at radius 3 is 2.52 bits per heavy atom. The Hall–Kier alpha value is -1.10. The van der Waals surface area contributed by atoms with E-state index in [1.807, 2.05) is 0 Å². The van der Waals surface area contributed by atoms with Crippen molar-refractivity contribution in [3.63, 3.8) is 0 Å². The van der Waals surface area contributed by atoms with Gasteiger partial charge in [0.15, 0.2) is 0 Å². The molecule has 0 radical (unpaired) electrons. The van der Waals surface area contributed by atoms with Gasteiger partial charge in [0.25, 0.3) is 0 Å². The maximum absolute atomic E-state index is 12.0. The van der Waals surface area contributed by atoms with Gasteiger partial charge in [-0.05, 0) is 37.5 Å². The first-order valence-electron chi connectivity index (χ1n) is 9.04. The highest BCUT2D eigenvalue weighted by Crippen LogP contribution is 2.33. The monoisotopic (exact) mass is 324 g/mol. The fraction of sp³-hybridized carbons (Fsp3) is 0.889. The molecular formula is C18H32N2O3. The van der Waals surface area contributed by atoms with Crippen molar-refractivity contribution in [2.24, 2.45) is 17.3 Å². The quantitative estimate of drug-likeness (QED) is 0.706. The molecule has 1 saturated heterocycles. The summed E-state index contributed by atoms with van der Waals surface area (Å²) in [6, 6.07) is 0. The van der Waals surface area contributed by atoms with Gasteiger partial charge in [-0.25, -0.2) is 0 Å². The molecule has 23 heavy (non-hydrogen) atoms. The van der Waals surface area contributed by atoms with E-state index in [4.69, 9.17) is 4.74 Å². The summed E-state index contributed by atoms with van der Waals surface area (Å²) in [6.45, 7) is 8.70. The van der Waals surface area contributed by atoms with Gasteiger partial charge in [0.05, 0.1) is 6.10 Å². The van der Waals surface area contributed by atoms with Crippen molar-refractivity contribution in [1.29, 1.82) is 0 Å². The molecule has 0 aromatic carbocycles. The summed E-state index contributed by atoms with van der Waals surface area (Å²) in [5.74, 6) is 0.855. The number of amides is 2. The second-order valence-electron chi connectivity index (χ2n) is 8.03. The Labute approximate surface area is 139 Å². The molecular weight excluding hydrogens is 292 g/mol. The van der Waals surface area contributed by atoms with Gasteiger partial charge in [0.1, 0.15) is 0 Å². The molecule has 1 aliphatic carbocycles. The average Bonchev–Trinajstić information content (AvgIpc) is 3.33. The van der Waals surface area contributed by atoms with Crippen molar-refractivity contribution in [3.8, 4) is 0 Å². The second-order valence-corrected chi connectivity index (χ2v) is 8.03. The predicted octanol–water partition coefficient (Wildman–Crippen LogP) is 2.25. The maximum atomic E-state index is 12.0. The average molecular weight is 324 g/mol. The lowest BCUT2D eigenvalue weighted by Gasteiger charge is -2.40. The number of hydrogen-bond acceptors (Lipinski definition) is 3. The molecule has 2 amide bonds. The van der Waals surface area contributed by atoms with Gasteiger partial charge in [-0.2, -0.15) is 0 Å². The molecule has 0 bridgehead atoms. The van der Waals surface area contributed by atoms with E-state index >= 15 is 0 Å². The highest BCUT2D eigenvalue weighted by molar-refractivity contribution is 5.81. The highest BCUT2D eigenvalue weighted by atomic mass is 16.5. The first-order valence-corrected chi connectivity index (χ1v) is 9.04. The summed E-state index contributed by atoms with van der Waals surface area (Å²) in [5, 5.41) is 5.94. The van der Waals surface area contributed by atoms with Crippen LogP contribution in [-0.4, -0.2) is 37.6 Å². The van der Waals surface area contributed by atoms with E-state index < -0.39 is 0 Å². The van der Waals surface area contributed by atoms with Crippen molar-refractivity contribution in [3.05, 3.63) is 0 Å². The first-order chi connectivity index (χ1) is 10.9. The van der Waals surface area contributed by atoms with Crippen molar-refractivity contribution >= 4 is 11.8 Å². The van der Waals surface area contributed by atoms with Gasteiger partial charge in [0.2, 0.25) is 11.8 Å². The molecule has 2 unspecified atom stereocenters. The lowest BCUT2D eigenvalue weighted by atomic mass is 9.78. The summed E-state index contributed by atoms with van der Waals surface area (Å²) in [4.78, 5) is 23.5. The summed E-state index contributed by atoms with van der Waals surface area (Å²) in [6.07, 6.45) is 5.59. The molecule has 1 heterocycles. The van der Waals surface area contributed by atoms with Crippen LogP contribution < -0.4 is 10.6 Å². The molecule has 2 aliphatic rings.